The number of pyridine rings is 1. The highest BCUT2D eigenvalue weighted by Crippen LogP contribution is 2.35. The Morgan fingerprint density at radius 1 is 1.00 bits per heavy atom. The molecule has 1 aromatic heterocycles. The average molecular weight is 303 g/mol. The molecule has 0 atom stereocenters. The monoisotopic (exact) mass is 303 g/mol. The van der Waals surface area contributed by atoms with Crippen LogP contribution in [0.5, 0.6) is 0 Å². The smallest absolute Gasteiger partial charge is 0.153 e. The van der Waals surface area contributed by atoms with Gasteiger partial charge in [0.2, 0.25) is 0 Å². The van der Waals surface area contributed by atoms with Gasteiger partial charge in [-0.25, -0.2) is 4.98 Å². The summed E-state index contributed by atoms with van der Waals surface area (Å²) in [6.07, 6.45) is 2.56. The number of para-hydroxylation sites is 1. The van der Waals surface area contributed by atoms with Crippen molar-refractivity contribution in [2.45, 2.75) is 6.92 Å². The summed E-state index contributed by atoms with van der Waals surface area (Å²) in [6.45, 7) is 2.01. The van der Waals surface area contributed by atoms with Crippen molar-refractivity contribution in [3.05, 3.63) is 71.9 Å². The number of nitrogens with zero attached hydrogens (tertiary/aromatic N) is 1. The van der Waals surface area contributed by atoms with Crippen molar-refractivity contribution in [1.82, 2.24) is 4.98 Å². The van der Waals surface area contributed by atoms with Crippen LogP contribution < -0.4 is 11.1 Å². The molecular formula is C19H17N3O. The predicted molar refractivity (Wildman–Crippen MR) is 93.9 cm³/mol. The number of nitrogen functional groups attached to an aromatic ring is 1. The fourth-order valence-corrected chi connectivity index (χ4v) is 2.54. The van der Waals surface area contributed by atoms with Gasteiger partial charge in [0, 0.05) is 17.3 Å². The maximum Gasteiger partial charge on any atom is 0.153 e. The molecule has 114 valence electrons. The minimum absolute atomic E-state index is 0.574. The van der Waals surface area contributed by atoms with Gasteiger partial charge in [-0.2, -0.15) is 0 Å². The molecule has 0 radical (unpaired) electrons. The van der Waals surface area contributed by atoms with Crippen LogP contribution in [-0.2, 0) is 0 Å². The fraction of sp³-hybridized carbons (Fsp3) is 0.0526. The molecule has 0 aliphatic carbocycles. The molecule has 0 unspecified atom stereocenters. The number of rotatable bonds is 4. The summed E-state index contributed by atoms with van der Waals surface area (Å²) in [5.74, 6) is 0.603. The minimum atomic E-state index is 0.574. The van der Waals surface area contributed by atoms with Gasteiger partial charge in [-0.3, -0.25) is 4.79 Å². The molecule has 3 rings (SSSR count). The zero-order valence-electron chi connectivity index (χ0n) is 12.8. The third-order valence-electron chi connectivity index (χ3n) is 3.73. The summed E-state index contributed by atoms with van der Waals surface area (Å²) in [4.78, 5) is 15.6. The average Bonchev–Trinajstić information content (AvgIpc) is 2.58. The molecule has 0 fully saturated rings. The third kappa shape index (κ3) is 2.92. The number of carbonyl (C=O) groups is 1. The topological polar surface area (TPSA) is 68.0 Å². The van der Waals surface area contributed by atoms with E-state index in [4.69, 9.17) is 5.73 Å². The van der Waals surface area contributed by atoms with Gasteiger partial charge in [0.25, 0.3) is 0 Å². The second kappa shape index (κ2) is 6.32. The summed E-state index contributed by atoms with van der Waals surface area (Å²) in [7, 11) is 0. The number of benzene rings is 2. The van der Waals surface area contributed by atoms with Crippen molar-refractivity contribution in [1.29, 1.82) is 0 Å². The second-order valence-corrected chi connectivity index (χ2v) is 5.27. The lowest BCUT2D eigenvalue weighted by atomic mass is 9.96. The van der Waals surface area contributed by atoms with Crippen LogP contribution in [0.1, 0.15) is 15.9 Å². The number of hydrogen-bond acceptors (Lipinski definition) is 4. The van der Waals surface area contributed by atoms with E-state index in [1.165, 1.54) is 0 Å². The van der Waals surface area contributed by atoms with E-state index in [2.05, 4.69) is 10.3 Å². The Morgan fingerprint density at radius 2 is 1.78 bits per heavy atom. The molecule has 3 aromatic rings. The molecule has 0 saturated carbocycles. The number of carbonyl (C=O) groups excluding carboxylic acids is 1. The summed E-state index contributed by atoms with van der Waals surface area (Å²) >= 11 is 0. The van der Waals surface area contributed by atoms with E-state index >= 15 is 0 Å². The van der Waals surface area contributed by atoms with Crippen molar-refractivity contribution in [2.24, 2.45) is 0 Å². The van der Waals surface area contributed by atoms with E-state index in [0.717, 1.165) is 28.7 Å². The largest absolute Gasteiger partial charge is 0.396 e. The Bertz CT molecular complexity index is 859. The van der Waals surface area contributed by atoms with Crippen LogP contribution in [0, 0.1) is 6.92 Å². The summed E-state index contributed by atoms with van der Waals surface area (Å²) in [6, 6.07) is 17.1. The second-order valence-electron chi connectivity index (χ2n) is 5.27. The molecule has 4 nitrogen and oxygen atoms in total. The van der Waals surface area contributed by atoms with Crippen LogP contribution in [0.3, 0.4) is 0 Å². The van der Waals surface area contributed by atoms with E-state index in [0.29, 0.717) is 17.1 Å². The molecule has 1 heterocycles. The Hall–Kier alpha value is -3.14. The first-order valence-corrected chi connectivity index (χ1v) is 7.32. The number of anilines is 3. The van der Waals surface area contributed by atoms with Crippen LogP contribution in [-0.4, -0.2) is 11.3 Å². The van der Waals surface area contributed by atoms with Gasteiger partial charge < -0.3 is 11.1 Å². The van der Waals surface area contributed by atoms with Crippen molar-refractivity contribution in [3.8, 4) is 11.1 Å². The van der Waals surface area contributed by atoms with Gasteiger partial charge in [0.1, 0.15) is 0 Å². The van der Waals surface area contributed by atoms with Crippen molar-refractivity contribution >= 4 is 23.5 Å². The lowest BCUT2D eigenvalue weighted by Gasteiger charge is -2.16. The van der Waals surface area contributed by atoms with Crippen molar-refractivity contribution < 1.29 is 4.79 Å². The zero-order chi connectivity index (χ0) is 16.2. The van der Waals surface area contributed by atoms with Crippen molar-refractivity contribution in [2.75, 3.05) is 11.1 Å². The standard InChI is InChI=1S/C19H17N3O/c1-13-6-4-9-16(15-8-3-2-7-14(15)12-23)18(13)22-19-17(20)10-5-11-21-19/h2-12H,20H2,1H3,(H,21,22). The molecular weight excluding hydrogens is 286 g/mol. The summed E-state index contributed by atoms with van der Waals surface area (Å²) < 4.78 is 0. The number of nitrogens with two attached hydrogens (primary N) is 1. The Kier molecular flexibility index (Phi) is 4.06. The van der Waals surface area contributed by atoms with Crippen LogP contribution in [0.2, 0.25) is 0 Å². The maximum atomic E-state index is 11.4. The first-order chi connectivity index (χ1) is 11.2. The zero-order valence-corrected chi connectivity index (χ0v) is 12.8. The molecule has 2 aromatic carbocycles. The number of nitrogens with one attached hydrogen (secondary N) is 1. The number of hydrogen-bond donors (Lipinski definition) is 2. The van der Waals surface area contributed by atoms with Crippen LogP contribution in [0.4, 0.5) is 17.2 Å². The van der Waals surface area contributed by atoms with E-state index in [1.807, 2.05) is 49.4 Å². The normalized spacial score (nSPS) is 10.3. The lowest BCUT2D eigenvalue weighted by Crippen LogP contribution is -2.02. The Labute approximate surface area is 135 Å². The van der Waals surface area contributed by atoms with E-state index < -0.39 is 0 Å². The van der Waals surface area contributed by atoms with Crippen LogP contribution in [0.15, 0.2) is 60.8 Å². The third-order valence-corrected chi connectivity index (χ3v) is 3.73. The lowest BCUT2D eigenvalue weighted by molar-refractivity contribution is 0.112. The first-order valence-electron chi connectivity index (χ1n) is 7.32. The summed E-state index contributed by atoms with van der Waals surface area (Å²) in [5.41, 5.74) is 11.0. The van der Waals surface area contributed by atoms with Crippen molar-refractivity contribution in [3.63, 3.8) is 0 Å². The first kappa shape index (κ1) is 14.8. The van der Waals surface area contributed by atoms with Crippen LogP contribution in [0.25, 0.3) is 11.1 Å². The predicted octanol–water partition coefficient (Wildman–Crippen LogP) is 4.20. The quantitative estimate of drug-likeness (QED) is 0.709. The molecule has 0 aliphatic rings. The van der Waals surface area contributed by atoms with E-state index in [1.54, 1.807) is 18.3 Å². The Balaban J connectivity index is 2.15. The molecule has 0 spiro atoms. The van der Waals surface area contributed by atoms with E-state index in [-0.39, 0.29) is 0 Å². The molecule has 0 saturated heterocycles. The van der Waals surface area contributed by atoms with Gasteiger partial charge in [-0.1, -0.05) is 42.5 Å². The molecule has 0 amide bonds. The Morgan fingerprint density at radius 3 is 2.57 bits per heavy atom. The highest BCUT2D eigenvalue weighted by Gasteiger charge is 2.12. The maximum absolute atomic E-state index is 11.4. The molecule has 3 N–H and O–H groups in total. The molecule has 23 heavy (non-hydrogen) atoms. The molecule has 0 bridgehead atoms. The minimum Gasteiger partial charge on any atom is -0.396 e. The number of aromatic nitrogens is 1. The van der Waals surface area contributed by atoms with Gasteiger partial charge in [-0.05, 0) is 30.2 Å². The van der Waals surface area contributed by atoms with Gasteiger partial charge >= 0.3 is 0 Å². The number of aldehydes is 1. The molecule has 0 aliphatic heterocycles. The van der Waals surface area contributed by atoms with Crippen LogP contribution >= 0.6 is 0 Å². The highest BCUT2D eigenvalue weighted by molar-refractivity contribution is 5.93. The van der Waals surface area contributed by atoms with Gasteiger partial charge in [0.05, 0.1) is 11.4 Å². The van der Waals surface area contributed by atoms with Gasteiger partial charge in [-0.15, -0.1) is 0 Å². The SMILES string of the molecule is Cc1cccc(-c2ccccc2C=O)c1Nc1ncccc1N. The highest BCUT2D eigenvalue weighted by atomic mass is 16.1. The van der Waals surface area contributed by atoms with Gasteiger partial charge in [0.15, 0.2) is 12.1 Å². The summed E-state index contributed by atoms with van der Waals surface area (Å²) in [5, 5.41) is 3.31. The number of aryl methyl sites for hydroxylation is 1. The van der Waals surface area contributed by atoms with E-state index in [9.17, 15) is 4.79 Å². The fourth-order valence-electron chi connectivity index (χ4n) is 2.54. The molecule has 4 heteroatoms.